The molecule has 0 bridgehead atoms. The fourth-order valence-electron chi connectivity index (χ4n) is 5.00. The van der Waals surface area contributed by atoms with Crippen LogP contribution in [0.1, 0.15) is 12.0 Å². The maximum absolute atomic E-state index is 15.7. The van der Waals surface area contributed by atoms with E-state index in [2.05, 4.69) is 0 Å². The molecule has 33 heavy (non-hydrogen) atoms. The topological polar surface area (TPSA) is 136 Å². The zero-order chi connectivity index (χ0) is 24.0. The molecular formula is C22H23ClFN4O5+. The van der Waals surface area contributed by atoms with E-state index in [0.717, 1.165) is 6.07 Å². The third-order valence-electron chi connectivity index (χ3n) is 6.41. The minimum atomic E-state index is -2.03. The number of hydrogen-bond donors (Lipinski definition) is 3. The highest BCUT2D eigenvalue weighted by Gasteiger charge is 2.69. The second kappa shape index (κ2) is 8.38. The van der Waals surface area contributed by atoms with Crippen LogP contribution in [0.25, 0.3) is 0 Å². The molecule has 9 nitrogen and oxygen atoms in total. The Morgan fingerprint density at radius 2 is 1.91 bits per heavy atom. The van der Waals surface area contributed by atoms with Gasteiger partial charge in [0.1, 0.15) is 30.8 Å². The minimum Gasteiger partial charge on any atom is -0.387 e. The molecule has 1 unspecified atom stereocenters. The van der Waals surface area contributed by atoms with Crippen LogP contribution in [0.3, 0.4) is 0 Å². The van der Waals surface area contributed by atoms with Crippen LogP contribution in [0.15, 0.2) is 42.5 Å². The lowest BCUT2D eigenvalue weighted by Gasteiger charge is -2.43. The van der Waals surface area contributed by atoms with E-state index in [9.17, 15) is 19.5 Å². The quantitative estimate of drug-likeness (QED) is 0.571. The van der Waals surface area contributed by atoms with E-state index in [1.807, 2.05) is 0 Å². The summed E-state index contributed by atoms with van der Waals surface area (Å²) < 4.78 is 19.9. The van der Waals surface area contributed by atoms with E-state index < -0.39 is 33.9 Å². The average Bonchev–Trinajstić information content (AvgIpc) is 3.09. The van der Waals surface area contributed by atoms with E-state index >= 15 is 4.39 Å². The van der Waals surface area contributed by atoms with Crippen molar-refractivity contribution in [2.45, 2.75) is 18.1 Å². The first-order chi connectivity index (χ1) is 15.6. The van der Waals surface area contributed by atoms with E-state index in [4.69, 9.17) is 27.8 Å². The molecule has 0 spiro atoms. The highest BCUT2D eigenvalue weighted by atomic mass is 35.5. The van der Waals surface area contributed by atoms with Crippen LogP contribution in [-0.4, -0.2) is 55.4 Å². The highest BCUT2D eigenvalue weighted by molar-refractivity contribution is 6.30. The molecular weight excluding hydrogens is 455 g/mol. The molecule has 0 radical (unpaired) electrons. The number of anilines is 1. The zero-order valence-corrected chi connectivity index (χ0v) is 18.3. The largest absolute Gasteiger partial charge is 0.420 e. The number of aliphatic hydroxyl groups excluding tert-OH is 1. The number of hydrogen-bond acceptors (Lipinski definition) is 5. The molecule has 3 atom stereocenters. The lowest BCUT2D eigenvalue weighted by Crippen LogP contribution is -2.70. The first kappa shape index (κ1) is 23.1. The molecule has 2 heterocycles. The summed E-state index contributed by atoms with van der Waals surface area (Å²) in [5.74, 6) is -2.22. The number of morpholine rings is 1. The maximum Gasteiger partial charge on any atom is 0.420 e. The van der Waals surface area contributed by atoms with Crippen LogP contribution in [0.2, 0.25) is 5.02 Å². The number of benzene rings is 2. The van der Waals surface area contributed by atoms with Crippen molar-refractivity contribution in [2.24, 2.45) is 11.5 Å². The summed E-state index contributed by atoms with van der Waals surface area (Å²) in [7, 11) is 0. The molecule has 4 amide bonds. The number of carbonyl (C=O) groups is 3. The lowest BCUT2D eigenvalue weighted by molar-refractivity contribution is -0.127. The summed E-state index contributed by atoms with van der Waals surface area (Å²) >= 11 is 5.99. The molecule has 2 aliphatic rings. The SMILES string of the molecule is NC(=O)[C@]1(c2ccc(N3CCOCC3=O)cc2F)C[C@@H](O)C[N+]1(C(N)=O)c1ccc(Cl)cc1. The fraction of sp³-hybridized carbons (Fsp3) is 0.318. The van der Waals surface area contributed by atoms with Crippen molar-refractivity contribution in [3.8, 4) is 0 Å². The Hall–Kier alpha value is -3.05. The van der Waals surface area contributed by atoms with E-state index in [0.29, 0.717) is 11.6 Å². The monoisotopic (exact) mass is 477 g/mol. The van der Waals surface area contributed by atoms with Crippen molar-refractivity contribution in [1.82, 2.24) is 4.48 Å². The summed E-state index contributed by atoms with van der Waals surface area (Å²) in [4.78, 5) is 39.5. The molecule has 5 N–H and O–H groups in total. The third kappa shape index (κ3) is 3.46. The minimum absolute atomic E-state index is 0.126. The van der Waals surface area contributed by atoms with Crippen molar-refractivity contribution in [1.29, 1.82) is 0 Å². The van der Waals surface area contributed by atoms with Gasteiger partial charge in [0.15, 0.2) is 0 Å². The Kier molecular flexibility index (Phi) is 5.87. The van der Waals surface area contributed by atoms with Crippen LogP contribution < -0.4 is 20.9 Å². The number of nitrogens with zero attached hydrogens (tertiary/aromatic N) is 2. The standard InChI is InChI=1S/C22H22ClFN4O5/c23-13-1-4-15(5-2-13)28(21(26)32)11-16(29)10-22(28,20(25)31)17-6-3-14(9-18(17)24)27-7-8-33-12-19(27)30/h1-6,9,16,29H,7-8,10-12H2,(H3-,25,26,31,32)/p+1/t16-,22-,28?/m1/s1. The van der Waals surface area contributed by atoms with Gasteiger partial charge < -0.3 is 26.2 Å². The summed E-state index contributed by atoms with van der Waals surface area (Å²) in [6.45, 7) is 0.121. The third-order valence-corrected chi connectivity index (χ3v) is 6.67. The number of primary amides is 2. The molecule has 11 heteroatoms. The van der Waals surface area contributed by atoms with Crippen LogP contribution >= 0.6 is 11.6 Å². The molecule has 2 aromatic carbocycles. The van der Waals surface area contributed by atoms with Gasteiger partial charge in [-0.25, -0.2) is 9.18 Å². The first-order valence-electron chi connectivity index (χ1n) is 10.2. The van der Waals surface area contributed by atoms with Crippen LogP contribution in [-0.2, 0) is 19.9 Å². The van der Waals surface area contributed by atoms with Gasteiger partial charge in [-0.2, -0.15) is 4.48 Å². The lowest BCUT2D eigenvalue weighted by atomic mass is 9.83. The van der Waals surface area contributed by atoms with Crippen molar-refractivity contribution in [3.05, 3.63) is 58.9 Å². The van der Waals surface area contributed by atoms with Crippen molar-refractivity contribution in [3.63, 3.8) is 0 Å². The summed E-state index contributed by atoms with van der Waals surface area (Å²) in [6, 6.07) is 8.87. The van der Waals surface area contributed by atoms with Crippen LogP contribution in [0.5, 0.6) is 0 Å². The van der Waals surface area contributed by atoms with Gasteiger partial charge in [-0.3, -0.25) is 9.59 Å². The van der Waals surface area contributed by atoms with Crippen LogP contribution in [0, 0.1) is 5.82 Å². The molecule has 2 fully saturated rings. The van der Waals surface area contributed by atoms with Gasteiger partial charge in [-0.15, -0.1) is 0 Å². The molecule has 4 rings (SSSR count). The van der Waals surface area contributed by atoms with Crippen LogP contribution in [0.4, 0.5) is 20.6 Å². The molecule has 2 aliphatic heterocycles. The highest BCUT2D eigenvalue weighted by Crippen LogP contribution is 2.50. The van der Waals surface area contributed by atoms with Gasteiger partial charge in [0.05, 0.1) is 12.2 Å². The molecule has 0 aromatic heterocycles. The number of urea groups is 1. The van der Waals surface area contributed by atoms with E-state index in [1.165, 1.54) is 41.3 Å². The number of nitrogens with two attached hydrogens (primary N) is 2. The van der Waals surface area contributed by atoms with Crippen molar-refractivity contribution >= 4 is 40.8 Å². The average molecular weight is 478 g/mol. The number of likely N-dealkylation sites (tertiary alicyclic amines) is 1. The van der Waals surface area contributed by atoms with Crippen molar-refractivity contribution < 1.29 is 28.6 Å². The molecule has 2 aromatic rings. The smallest absolute Gasteiger partial charge is 0.387 e. The molecule has 0 aliphatic carbocycles. The number of rotatable bonds is 4. The number of quaternary nitrogens is 1. The zero-order valence-electron chi connectivity index (χ0n) is 17.5. The van der Waals surface area contributed by atoms with Gasteiger partial charge >= 0.3 is 6.03 Å². The van der Waals surface area contributed by atoms with E-state index in [-0.39, 0.29) is 49.0 Å². The van der Waals surface area contributed by atoms with Gasteiger partial charge in [-0.05, 0) is 30.3 Å². The Morgan fingerprint density at radius 1 is 1.21 bits per heavy atom. The Morgan fingerprint density at radius 3 is 2.48 bits per heavy atom. The van der Waals surface area contributed by atoms with Crippen molar-refractivity contribution in [2.75, 3.05) is 31.2 Å². The predicted octanol–water partition coefficient (Wildman–Crippen LogP) is 1.37. The summed E-state index contributed by atoms with van der Waals surface area (Å²) in [6.07, 6.45) is -1.51. The van der Waals surface area contributed by atoms with E-state index in [1.54, 1.807) is 0 Å². The second-order valence-corrected chi connectivity index (χ2v) is 8.59. The van der Waals surface area contributed by atoms with Gasteiger partial charge in [0.25, 0.3) is 11.8 Å². The number of ether oxygens (including phenoxy) is 1. The Bertz CT molecular complexity index is 1130. The predicted molar refractivity (Wildman–Crippen MR) is 119 cm³/mol. The summed E-state index contributed by atoms with van der Waals surface area (Å²) in [5, 5.41) is 11.0. The number of amides is 4. The van der Waals surface area contributed by atoms with Gasteiger partial charge in [0, 0.05) is 35.8 Å². The maximum atomic E-state index is 15.7. The van der Waals surface area contributed by atoms with Gasteiger partial charge in [0.2, 0.25) is 5.54 Å². The first-order valence-corrected chi connectivity index (χ1v) is 10.6. The number of aliphatic hydroxyl groups is 1. The Labute approximate surface area is 193 Å². The molecule has 2 saturated heterocycles. The number of carbonyl (C=O) groups excluding carboxylic acids is 3. The molecule has 174 valence electrons. The summed E-state index contributed by atoms with van der Waals surface area (Å²) in [5.41, 5.74) is 9.92. The fourth-order valence-corrected chi connectivity index (χ4v) is 5.12. The Balaban J connectivity index is 1.93. The molecule has 0 saturated carbocycles. The number of halogens is 2. The second-order valence-electron chi connectivity index (χ2n) is 8.15. The normalized spacial score (nSPS) is 27.5. The van der Waals surface area contributed by atoms with Gasteiger partial charge in [-0.1, -0.05) is 11.6 Å².